The molecule has 0 unspecified atom stereocenters. The molecule has 6 nitrogen and oxygen atoms in total. The highest BCUT2D eigenvalue weighted by molar-refractivity contribution is 6.00. The number of anilines is 4. The molecule has 0 saturated carbocycles. The molecule has 1 aliphatic heterocycles. The van der Waals surface area contributed by atoms with E-state index in [-0.39, 0.29) is 11.5 Å². The fourth-order valence-electron chi connectivity index (χ4n) is 2.23. The van der Waals surface area contributed by atoms with E-state index in [1.165, 1.54) is 12.1 Å². The van der Waals surface area contributed by atoms with Gasteiger partial charge in [-0.15, -0.1) is 0 Å². The number of carbonyl (C=O) groups excluding carboxylic acids is 1. The maximum absolute atomic E-state index is 11.4. The summed E-state index contributed by atoms with van der Waals surface area (Å²) in [5.41, 5.74) is 3.32. The maximum Gasteiger partial charge on any atom is 0.248 e. The van der Waals surface area contributed by atoms with E-state index in [0.717, 1.165) is 17.1 Å². The molecule has 1 aromatic heterocycles. The van der Waals surface area contributed by atoms with Gasteiger partial charge in [0.15, 0.2) is 0 Å². The third kappa shape index (κ3) is 2.51. The number of rotatable bonds is 3. The molecule has 2 heterocycles. The number of pyridine rings is 1. The van der Waals surface area contributed by atoms with Gasteiger partial charge in [0.05, 0.1) is 23.7 Å². The Hall–Kier alpha value is -3.02. The van der Waals surface area contributed by atoms with Gasteiger partial charge in [-0.1, -0.05) is 6.58 Å². The number of hydrogen-bond acceptors (Lipinski definition) is 4. The highest BCUT2D eigenvalue weighted by atomic mass is 16.1. The number of carbonyl (C=O) groups is 1. The van der Waals surface area contributed by atoms with Gasteiger partial charge < -0.3 is 20.5 Å². The van der Waals surface area contributed by atoms with Crippen molar-refractivity contribution >= 4 is 28.7 Å². The van der Waals surface area contributed by atoms with Crippen LogP contribution < -0.4 is 21.1 Å². The van der Waals surface area contributed by atoms with E-state index in [0.29, 0.717) is 12.4 Å². The minimum Gasteiger partial charge on any atom is -0.366 e. The lowest BCUT2D eigenvalue weighted by Crippen LogP contribution is -2.18. The maximum atomic E-state index is 11.4. The van der Waals surface area contributed by atoms with Crippen LogP contribution in [0.4, 0.5) is 22.7 Å². The lowest BCUT2D eigenvalue weighted by atomic mass is 10.2. The molecule has 0 atom stereocenters. The first kappa shape index (κ1) is 13.0. The number of nitrogens with zero attached hydrogens (tertiary/aromatic N) is 1. The first-order valence-electron chi connectivity index (χ1n) is 6.45. The van der Waals surface area contributed by atoms with Crippen molar-refractivity contribution in [2.24, 2.45) is 0 Å². The molecule has 2 aromatic rings. The summed E-state index contributed by atoms with van der Waals surface area (Å²) in [5, 5.41) is 5.99. The van der Waals surface area contributed by atoms with Crippen molar-refractivity contribution in [3.8, 4) is 0 Å². The molecular weight excluding hydrogens is 268 g/mol. The monoisotopic (exact) mass is 282 g/mol. The molecule has 3 rings (SSSR count). The second-order valence-corrected chi connectivity index (χ2v) is 4.60. The van der Waals surface area contributed by atoms with Crippen LogP contribution >= 0.6 is 0 Å². The molecule has 106 valence electrons. The van der Waals surface area contributed by atoms with E-state index in [1.807, 2.05) is 23.1 Å². The lowest BCUT2D eigenvalue weighted by Gasteiger charge is -2.18. The summed E-state index contributed by atoms with van der Waals surface area (Å²) in [4.78, 5) is 27.2. The Morgan fingerprint density at radius 1 is 1.33 bits per heavy atom. The molecule has 0 radical (unpaired) electrons. The fourth-order valence-corrected chi connectivity index (χ4v) is 2.23. The smallest absolute Gasteiger partial charge is 0.248 e. The lowest BCUT2D eigenvalue weighted by molar-refractivity contribution is -0.111. The molecule has 0 aliphatic carbocycles. The Balaban J connectivity index is 1.94. The summed E-state index contributed by atoms with van der Waals surface area (Å²) in [6.45, 7) is 4.03. The number of aromatic nitrogens is 1. The van der Waals surface area contributed by atoms with E-state index >= 15 is 0 Å². The van der Waals surface area contributed by atoms with Crippen LogP contribution in [0.15, 0.2) is 54.0 Å². The number of nitrogens with one attached hydrogen (secondary N) is 3. The van der Waals surface area contributed by atoms with E-state index in [1.54, 1.807) is 12.3 Å². The van der Waals surface area contributed by atoms with Crippen molar-refractivity contribution in [2.45, 2.75) is 0 Å². The minimum absolute atomic E-state index is 0.141. The van der Waals surface area contributed by atoms with Crippen LogP contribution in [-0.2, 0) is 4.79 Å². The van der Waals surface area contributed by atoms with Gasteiger partial charge in [0.1, 0.15) is 0 Å². The van der Waals surface area contributed by atoms with Gasteiger partial charge in [0.25, 0.3) is 0 Å². The summed E-state index contributed by atoms with van der Waals surface area (Å²) in [5.74, 6) is -0.253. The first-order chi connectivity index (χ1) is 10.2. The number of hydrogen-bond donors (Lipinski definition) is 3. The Bertz CT molecular complexity index is 746. The average Bonchev–Trinajstić information content (AvgIpc) is 2.91. The summed E-state index contributed by atoms with van der Waals surface area (Å²) in [6.07, 6.45) is 2.89. The molecule has 21 heavy (non-hydrogen) atoms. The van der Waals surface area contributed by atoms with Gasteiger partial charge in [-0.05, 0) is 30.3 Å². The molecule has 0 fully saturated rings. The van der Waals surface area contributed by atoms with Crippen molar-refractivity contribution in [2.75, 3.05) is 22.2 Å². The Kier molecular flexibility index (Phi) is 3.19. The quantitative estimate of drug-likeness (QED) is 0.753. The Morgan fingerprint density at radius 2 is 2.19 bits per heavy atom. The van der Waals surface area contributed by atoms with Gasteiger partial charge >= 0.3 is 0 Å². The number of benzene rings is 1. The normalized spacial score (nSPS) is 12.5. The summed E-state index contributed by atoms with van der Waals surface area (Å²) < 4.78 is 0. The number of amides is 1. The van der Waals surface area contributed by atoms with Gasteiger partial charge in [-0.3, -0.25) is 9.59 Å². The molecule has 1 amide bonds. The van der Waals surface area contributed by atoms with Crippen LogP contribution in [0.25, 0.3) is 0 Å². The molecule has 0 spiro atoms. The van der Waals surface area contributed by atoms with Gasteiger partial charge in [0.2, 0.25) is 11.5 Å². The van der Waals surface area contributed by atoms with Gasteiger partial charge in [-0.25, -0.2) is 0 Å². The Labute approximate surface area is 121 Å². The fraction of sp³-hybridized carbons (Fsp3) is 0.0667. The third-order valence-electron chi connectivity index (χ3n) is 3.25. The van der Waals surface area contributed by atoms with Crippen LogP contribution in [0, 0.1) is 0 Å². The highest BCUT2D eigenvalue weighted by Gasteiger charge is 2.20. The van der Waals surface area contributed by atoms with E-state index in [2.05, 4.69) is 22.2 Å². The number of aromatic amines is 1. The number of fused-ring (bicyclic) bond motifs is 1. The number of H-pyrrole nitrogens is 1. The minimum atomic E-state index is -0.253. The average molecular weight is 282 g/mol. The molecule has 6 heteroatoms. The standard InChI is InChI=1S/C15H14N4O2/c1-2-14(20)18-10-3-5-12-13(7-10)19(9-17-12)11-4-6-15(21)16-8-11/h2-8,17H,1,9H2,(H,16,21)(H,18,20). The third-order valence-corrected chi connectivity index (χ3v) is 3.25. The summed E-state index contributed by atoms with van der Waals surface area (Å²) in [6, 6.07) is 8.84. The molecule has 3 N–H and O–H groups in total. The molecular formula is C15H14N4O2. The van der Waals surface area contributed by atoms with Crippen molar-refractivity contribution in [3.63, 3.8) is 0 Å². The highest BCUT2D eigenvalue weighted by Crippen LogP contribution is 2.38. The second kappa shape index (κ2) is 5.16. The van der Waals surface area contributed by atoms with Crippen LogP contribution in [-0.4, -0.2) is 17.6 Å². The second-order valence-electron chi connectivity index (χ2n) is 4.60. The van der Waals surface area contributed by atoms with Crippen LogP contribution in [0.3, 0.4) is 0 Å². The van der Waals surface area contributed by atoms with Gasteiger partial charge in [-0.2, -0.15) is 0 Å². The molecule has 1 aliphatic rings. The predicted octanol–water partition coefficient (Wildman–Crippen LogP) is 2.02. The van der Waals surface area contributed by atoms with E-state index in [4.69, 9.17) is 0 Å². The summed E-state index contributed by atoms with van der Waals surface area (Å²) in [7, 11) is 0. The van der Waals surface area contributed by atoms with Crippen LogP contribution in [0.5, 0.6) is 0 Å². The van der Waals surface area contributed by atoms with Crippen molar-refractivity contribution in [3.05, 3.63) is 59.5 Å². The molecule has 1 aromatic carbocycles. The molecule has 0 saturated heterocycles. The first-order valence-corrected chi connectivity index (χ1v) is 6.45. The van der Waals surface area contributed by atoms with Crippen molar-refractivity contribution in [1.29, 1.82) is 0 Å². The zero-order chi connectivity index (χ0) is 14.8. The SMILES string of the molecule is C=CC(=O)Nc1ccc2c(c1)N(c1ccc(=O)[nH]c1)CN2. The summed E-state index contributed by atoms with van der Waals surface area (Å²) >= 11 is 0. The zero-order valence-corrected chi connectivity index (χ0v) is 11.2. The van der Waals surface area contributed by atoms with Crippen LogP contribution in [0.1, 0.15) is 0 Å². The van der Waals surface area contributed by atoms with E-state index < -0.39 is 0 Å². The molecule has 0 bridgehead atoms. The van der Waals surface area contributed by atoms with Gasteiger partial charge in [0, 0.05) is 18.0 Å². The Morgan fingerprint density at radius 3 is 2.90 bits per heavy atom. The largest absolute Gasteiger partial charge is 0.366 e. The van der Waals surface area contributed by atoms with Crippen molar-refractivity contribution < 1.29 is 4.79 Å². The van der Waals surface area contributed by atoms with Crippen molar-refractivity contribution in [1.82, 2.24) is 4.98 Å². The topological polar surface area (TPSA) is 77.2 Å². The van der Waals surface area contributed by atoms with E-state index in [9.17, 15) is 9.59 Å². The zero-order valence-electron chi connectivity index (χ0n) is 11.2. The van der Waals surface area contributed by atoms with Crippen LogP contribution in [0.2, 0.25) is 0 Å². The predicted molar refractivity (Wildman–Crippen MR) is 83.0 cm³/mol.